The lowest BCUT2D eigenvalue weighted by Gasteiger charge is -2.07. The molecule has 20 heavy (non-hydrogen) atoms. The molecule has 7 heteroatoms. The van der Waals surface area contributed by atoms with Gasteiger partial charge in [0.1, 0.15) is 0 Å². The average molecular weight is 294 g/mol. The largest absolute Gasteiger partial charge is 0.399 e. The van der Waals surface area contributed by atoms with Gasteiger partial charge in [0.25, 0.3) is 0 Å². The summed E-state index contributed by atoms with van der Waals surface area (Å²) >= 11 is 0. The minimum atomic E-state index is -3.32. The van der Waals surface area contributed by atoms with Gasteiger partial charge in [-0.2, -0.15) is 0 Å². The number of hydrogen-bond acceptors (Lipinski definition) is 4. The number of benzene rings is 1. The fraction of sp³-hybridized carbons (Fsp3) is 0.308. The van der Waals surface area contributed by atoms with Crippen molar-refractivity contribution in [2.45, 2.75) is 18.7 Å². The van der Waals surface area contributed by atoms with Crippen molar-refractivity contribution < 1.29 is 8.42 Å². The molecule has 108 valence electrons. The molecule has 0 amide bonds. The van der Waals surface area contributed by atoms with Crippen LogP contribution in [-0.2, 0) is 22.3 Å². The lowest BCUT2D eigenvalue weighted by atomic mass is 10.2. The van der Waals surface area contributed by atoms with Crippen LogP contribution in [0, 0.1) is 0 Å². The molecule has 0 radical (unpaired) electrons. The van der Waals surface area contributed by atoms with Gasteiger partial charge in [0, 0.05) is 31.2 Å². The number of nitrogens with two attached hydrogens (primary N) is 1. The fourth-order valence-corrected chi connectivity index (χ4v) is 3.04. The third-order valence-corrected chi connectivity index (χ3v) is 4.14. The summed E-state index contributed by atoms with van der Waals surface area (Å²) in [5.74, 6) is -0.0525. The molecular formula is C13H18N4O2S. The Morgan fingerprint density at radius 3 is 2.90 bits per heavy atom. The standard InChI is InChI=1S/C13H18N4O2S/c14-13-4-1-3-12(9-13)10-20(18,19)16-5-2-7-17-8-6-15-11-17/h1,3-4,6,8-9,11,16H,2,5,7,10,14H2. The van der Waals surface area contributed by atoms with Crippen LogP contribution >= 0.6 is 0 Å². The summed E-state index contributed by atoms with van der Waals surface area (Å²) in [6.07, 6.45) is 5.97. The number of imidazole rings is 1. The molecule has 0 aliphatic carbocycles. The molecule has 1 aromatic carbocycles. The summed E-state index contributed by atoms with van der Waals surface area (Å²) in [5, 5.41) is 0. The van der Waals surface area contributed by atoms with Crippen LogP contribution in [0.4, 0.5) is 5.69 Å². The van der Waals surface area contributed by atoms with Gasteiger partial charge in [-0.3, -0.25) is 0 Å². The van der Waals surface area contributed by atoms with Gasteiger partial charge in [0.15, 0.2) is 0 Å². The highest BCUT2D eigenvalue weighted by Gasteiger charge is 2.10. The van der Waals surface area contributed by atoms with E-state index in [1.54, 1.807) is 36.8 Å². The van der Waals surface area contributed by atoms with E-state index in [0.717, 1.165) is 6.54 Å². The zero-order valence-electron chi connectivity index (χ0n) is 11.1. The van der Waals surface area contributed by atoms with E-state index in [9.17, 15) is 8.42 Å². The van der Waals surface area contributed by atoms with E-state index in [4.69, 9.17) is 5.73 Å². The van der Waals surface area contributed by atoms with Crippen molar-refractivity contribution in [1.82, 2.24) is 14.3 Å². The predicted octanol–water partition coefficient (Wildman–Crippen LogP) is 0.975. The first-order valence-corrected chi connectivity index (χ1v) is 7.98. The van der Waals surface area contributed by atoms with Crippen LogP contribution in [0.1, 0.15) is 12.0 Å². The molecule has 0 atom stereocenters. The average Bonchev–Trinajstić information content (AvgIpc) is 2.87. The SMILES string of the molecule is Nc1cccc(CS(=O)(=O)NCCCn2ccnc2)c1. The van der Waals surface area contributed by atoms with Gasteiger partial charge in [-0.1, -0.05) is 12.1 Å². The molecule has 0 aliphatic heterocycles. The second kappa shape index (κ2) is 6.53. The molecular weight excluding hydrogens is 276 g/mol. The van der Waals surface area contributed by atoms with Crippen LogP contribution in [-0.4, -0.2) is 24.5 Å². The van der Waals surface area contributed by atoms with Crippen LogP contribution < -0.4 is 10.5 Å². The molecule has 0 fully saturated rings. The Kier molecular flexibility index (Phi) is 4.75. The number of aromatic nitrogens is 2. The normalized spacial score (nSPS) is 11.6. The van der Waals surface area contributed by atoms with Crippen LogP contribution in [0.3, 0.4) is 0 Å². The van der Waals surface area contributed by atoms with Gasteiger partial charge in [0.2, 0.25) is 10.0 Å². The van der Waals surface area contributed by atoms with E-state index < -0.39 is 10.0 Å². The predicted molar refractivity (Wildman–Crippen MR) is 78.3 cm³/mol. The smallest absolute Gasteiger partial charge is 0.215 e. The van der Waals surface area contributed by atoms with Crippen molar-refractivity contribution in [2.75, 3.05) is 12.3 Å². The third kappa shape index (κ3) is 4.67. The molecule has 0 saturated carbocycles. The van der Waals surface area contributed by atoms with Crippen molar-refractivity contribution >= 4 is 15.7 Å². The molecule has 0 aliphatic rings. The van der Waals surface area contributed by atoms with Gasteiger partial charge in [-0.15, -0.1) is 0 Å². The number of sulfonamides is 1. The Balaban J connectivity index is 1.79. The van der Waals surface area contributed by atoms with Crippen LogP contribution in [0.5, 0.6) is 0 Å². The maximum absolute atomic E-state index is 11.9. The summed E-state index contributed by atoms with van der Waals surface area (Å²) in [6.45, 7) is 1.14. The van der Waals surface area contributed by atoms with E-state index >= 15 is 0 Å². The first-order chi connectivity index (χ1) is 9.55. The lowest BCUT2D eigenvalue weighted by molar-refractivity contribution is 0.569. The van der Waals surface area contributed by atoms with Crippen molar-refractivity contribution in [2.24, 2.45) is 0 Å². The second-order valence-electron chi connectivity index (χ2n) is 4.55. The van der Waals surface area contributed by atoms with Gasteiger partial charge in [-0.05, 0) is 24.1 Å². The first kappa shape index (κ1) is 14.5. The number of nitrogen functional groups attached to an aromatic ring is 1. The molecule has 1 heterocycles. The number of nitrogens with zero attached hydrogens (tertiary/aromatic N) is 2. The van der Waals surface area contributed by atoms with E-state index in [1.807, 2.05) is 10.8 Å². The van der Waals surface area contributed by atoms with Crippen LogP contribution in [0.25, 0.3) is 0 Å². The molecule has 0 saturated heterocycles. The van der Waals surface area contributed by atoms with Crippen molar-refractivity contribution in [1.29, 1.82) is 0 Å². The molecule has 2 rings (SSSR count). The number of anilines is 1. The van der Waals surface area contributed by atoms with Crippen LogP contribution in [0.15, 0.2) is 43.0 Å². The molecule has 1 aromatic heterocycles. The summed E-state index contributed by atoms with van der Waals surface area (Å²) in [7, 11) is -3.32. The Morgan fingerprint density at radius 1 is 1.35 bits per heavy atom. The molecule has 6 nitrogen and oxygen atoms in total. The number of aryl methyl sites for hydroxylation is 1. The molecule has 2 aromatic rings. The molecule has 0 bridgehead atoms. The highest BCUT2D eigenvalue weighted by atomic mass is 32.2. The van der Waals surface area contributed by atoms with Gasteiger partial charge < -0.3 is 10.3 Å². The quantitative estimate of drug-likeness (QED) is 0.588. The van der Waals surface area contributed by atoms with Crippen LogP contribution in [0.2, 0.25) is 0 Å². The maximum Gasteiger partial charge on any atom is 0.215 e. The Morgan fingerprint density at radius 2 is 2.20 bits per heavy atom. The highest BCUT2D eigenvalue weighted by molar-refractivity contribution is 7.88. The van der Waals surface area contributed by atoms with E-state index in [1.165, 1.54) is 0 Å². The van der Waals surface area contributed by atoms with E-state index in [2.05, 4.69) is 9.71 Å². The second-order valence-corrected chi connectivity index (χ2v) is 6.36. The molecule has 0 spiro atoms. The monoisotopic (exact) mass is 294 g/mol. The first-order valence-electron chi connectivity index (χ1n) is 6.33. The number of hydrogen-bond donors (Lipinski definition) is 2. The van der Waals surface area contributed by atoms with Gasteiger partial charge in [-0.25, -0.2) is 18.1 Å². The zero-order chi connectivity index (χ0) is 14.4. The summed E-state index contributed by atoms with van der Waals surface area (Å²) in [4.78, 5) is 3.93. The highest BCUT2D eigenvalue weighted by Crippen LogP contribution is 2.09. The Labute approximate surface area is 118 Å². The van der Waals surface area contributed by atoms with Gasteiger partial charge >= 0.3 is 0 Å². The number of rotatable bonds is 7. The fourth-order valence-electron chi connectivity index (χ4n) is 1.86. The van der Waals surface area contributed by atoms with E-state index in [0.29, 0.717) is 24.2 Å². The number of nitrogens with one attached hydrogen (secondary N) is 1. The minimum Gasteiger partial charge on any atom is -0.399 e. The molecule has 3 N–H and O–H groups in total. The summed E-state index contributed by atoms with van der Waals surface area (Å²) < 4.78 is 28.3. The Hall–Kier alpha value is -1.86. The van der Waals surface area contributed by atoms with Crippen molar-refractivity contribution in [3.8, 4) is 0 Å². The topological polar surface area (TPSA) is 90.0 Å². The summed E-state index contributed by atoms with van der Waals surface area (Å²) in [5.41, 5.74) is 6.88. The third-order valence-electron chi connectivity index (χ3n) is 2.78. The minimum absolute atomic E-state index is 0.0525. The maximum atomic E-state index is 11.9. The van der Waals surface area contributed by atoms with Gasteiger partial charge in [0.05, 0.1) is 12.1 Å². The molecule has 0 unspecified atom stereocenters. The zero-order valence-corrected chi connectivity index (χ0v) is 11.9. The van der Waals surface area contributed by atoms with Crippen molar-refractivity contribution in [3.63, 3.8) is 0 Å². The Bertz CT molecular complexity index is 638. The van der Waals surface area contributed by atoms with E-state index in [-0.39, 0.29) is 5.75 Å². The summed E-state index contributed by atoms with van der Waals surface area (Å²) in [6, 6.07) is 6.90. The lowest BCUT2D eigenvalue weighted by Crippen LogP contribution is -2.26. The van der Waals surface area contributed by atoms with Crippen molar-refractivity contribution in [3.05, 3.63) is 48.5 Å².